The minimum Gasteiger partial charge on any atom is -0.356 e. The molecule has 2 aliphatic rings. The molecule has 8 nitrogen and oxygen atoms in total. The molecule has 32 heavy (non-hydrogen) atoms. The Morgan fingerprint density at radius 3 is 2.84 bits per heavy atom. The third kappa shape index (κ3) is 5.11. The zero-order valence-corrected chi connectivity index (χ0v) is 19.4. The van der Waals surface area contributed by atoms with Gasteiger partial charge >= 0.3 is 0 Å². The lowest BCUT2D eigenvalue weighted by Crippen LogP contribution is -2.46. The summed E-state index contributed by atoms with van der Waals surface area (Å²) in [6, 6.07) is 4.39. The van der Waals surface area contributed by atoms with Crippen LogP contribution in [0.25, 0.3) is 11.2 Å². The fourth-order valence-electron chi connectivity index (χ4n) is 5.12. The number of nitrogens with one attached hydrogen (secondary N) is 1. The number of carbonyl (C=O) groups is 1. The summed E-state index contributed by atoms with van der Waals surface area (Å²) in [6.45, 7) is 2.99. The quantitative estimate of drug-likeness (QED) is 0.666. The number of nitrogens with zero attached hydrogens (tertiary/aromatic N) is 5. The maximum atomic E-state index is 12.9. The topological polar surface area (TPSA) is 83.4 Å². The molecule has 1 saturated carbocycles. The van der Waals surface area contributed by atoms with Gasteiger partial charge in [-0.3, -0.25) is 14.2 Å². The van der Waals surface area contributed by atoms with Gasteiger partial charge in [0.2, 0.25) is 5.91 Å². The zero-order chi connectivity index (χ0) is 22.5. The van der Waals surface area contributed by atoms with Crippen molar-refractivity contribution in [3.8, 4) is 0 Å². The molecule has 2 aromatic heterocycles. The van der Waals surface area contributed by atoms with Crippen molar-refractivity contribution in [1.82, 2.24) is 24.8 Å². The number of piperidine rings is 1. The molecule has 1 amide bonds. The number of anilines is 1. The van der Waals surface area contributed by atoms with E-state index in [-0.39, 0.29) is 17.4 Å². The molecule has 1 aliphatic heterocycles. The van der Waals surface area contributed by atoms with Crippen molar-refractivity contribution in [1.29, 1.82) is 0 Å². The van der Waals surface area contributed by atoms with Crippen molar-refractivity contribution in [3.05, 3.63) is 28.7 Å². The molecular weight excluding hydrogens is 404 g/mol. The summed E-state index contributed by atoms with van der Waals surface area (Å²) in [5.74, 6) is 0.393. The maximum Gasteiger partial charge on any atom is 0.294 e. The van der Waals surface area contributed by atoms with Gasteiger partial charge in [-0.1, -0.05) is 19.3 Å². The van der Waals surface area contributed by atoms with Gasteiger partial charge in [0, 0.05) is 38.9 Å². The normalized spacial score (nSPS) is 20.1. The van der Waals surface area contributed by atoms with Crippen LogP contribution in [0.15, 0.2) is 23.1 Å². The highest BCUT2D eigenvalue weighted by atomic mass is 16.2. The van der Waals surface area contributed by atoms with Crippen LogP contribution in [0.1, 0.15) is 51.4 Å². The van der Waals surface area contributed by atoms with E-state index < -0.39 is 0 Å². The third-order valence-electron chi connectivity index (χ3n) is 7.08. The molecule has 0 aromatic carbocycles. The number of fused-ring (bicyclic) bond motifs is 1. The number of amides is 1. The van der Waals surface area contributed by atoms with E-state index in [1.807, 2.05) is 17.0 Å². The van der Waals surface area contributed by atoms with Crippen LogP contribution in [0.4, 0.5) is 5.82 Å². The van der Waals surface area contributed by atoms with Crippen LogP contribution in [0.5, 0.6) is 0 Å². The fourth-order valence-corrected chi connectivity index (χ4v) is 5.12. The summed E-state index contributed by atoms with van der Waals surface area (Å²) in [5, 5.41) is 3.13. The lowest BCUT2D eigenvalue weighted by atomic mass is 9.94. The van der Waals surface area contributed by atoms with E-state index in [0.29, 0.717) is 36.1 Å². The molecule has 1 atom stereocenters. The Morgan fingerprint density at radius 2 is 2.03 bits per heavy atom. The summed E-state index contributed by atoms with van der Waals surface area (Å²) in [5.41, 5.74) is 1.10. The van der Waals surface area contributed by atoms with E-state index >= 15 is 0 Å². The first kappa shape index (κ1) is 22.7. The largest absolute Gasteiger partial charge is 0.356 e. The summed E-state index contributed by atoms with van der Waals surface area (Å²) in [4.78, 5) is 39.0. The Balaban J connectivity index is 1.31. The molecule has 2 aromatic rings. The van der Waals surface area contributed by atoms with E-state index in [4.69, 9.17) is 0 Å². The molecular formula is C24H36N6O2. The monoisotopic (exact) mass is 440 g/mol. The summed E-state index contributed by atoms with van der Waals surface area (Å²) < 4.78 is 1.55. The van der Waals surface area contributed by atoms with E-state index in [2.05, 4.69) is 27.2 Å². The van der Waals surface area contributed by atoms with Gasteiger partial charge in [0.15, 0.2) is 11.5 Å². The Hall–Kier alpha value is -2.48. The van der Waals surface area contributed by atoms with E-state index in [1.165, 1.54) is 32.1 Å². The highest BCUT2D eigenvalue weighted by Gasteiger charge is 2.28. The summed E-state index contributed by atoms with van der Waals surface area (Å²) in [6.07, 6.45) is 11.0. The van der Waals surface area contributed by atoms with Crippen LogP contribution in [-0.4, -0.2) is 64.6 Å². The van der Waals surface area contributed by atoms with Gasteiger partial charge in [0.05, 0.1) is 5.92 Å². The molecule has 3 heterocycles. The Bertz CT molecular complexity index is 984. The molecule has 1 unspecified atom stereocenters. The van der Waals surface area contributed by atoms with Gasteiger partial charge in [0.1, 0.15) is 5.52 Å². The average molecular weight is 441 g/mol. The number of aryl methyl sites for hydroxylation is 1. The highest BCUT2D eigenvalue weighted by Crippen LogP contribution is 2.22. The van der Waals surface area contributed by atoms with E-state index in [9.17, 15) is 9.59 Å². The second-order valence-electron chi connectivity index (χ2n) is 9.35. The fraction of sp³-hybridized carbons (Fsp3) is 0.667. The van der Waals surface area contributed by atoms with Crippen LogP contribution in [0.3, 0.4) is 0 Å². The maximum absolute atomic E-state index is 12.9. The number of carbonyl (C=O) groups excluding carboxylic acids is 1. The SMILES string of the molecule is CN(CCCNC(=O)C1CCCN(c2nc3cccnc3n(C)c2=O)C1)C1CCCCC1. The van der Waals surface area contributed by atoms with Crippen molar-refractivity contribution < 1.29 is 4.79 Å². The Kier molecular flexibility index (Phi) is 7.40. The van der Waals surface area contributed by atoms with E-state index in [0.717, 1.165) is 32.4 Å². The van der Waals surface area contributed by atoms with Crippen LogP contribution in [0.2, 0.25) is 0 Å². The highest BCUT2D eigenvalue weighted by molar-refractivity contribution is 5.79. The standard InChI is InChI=1S/C24H36N6O2/c1-28(19-10-4-3-5-11-19)15-8-14-26-23(31)18-9-7-16-30(17-18)22-24(32)29(2)21-20(27-22)12-6-13-25-21/h6,12-13,18-19H,3-5,7-11,14-17H2,1-2H3,(H,26,31). The molecule has 0 radical (unpaired) electrons. The van der Waals surface area contributed by atoms with Gasteiger partial charge in [0.25, 0.3) is 5.56 Å². The number of pyridine rings is 1. The minimum absolute atomic E-state index is 0.0919. The number of hydrogen-bond donors (Lipinski definition) is 1. The van der Waals surface area contributed by atoms with Gasteiger partial charge in [-0.25, -0.2) is 9.97 Å². The van der Waals surface area contributed by atoms with Crippen molar-refractivity contribution in [2.45, 2.75) is 57.4 Å². The van der Waals surface area contributed by atoms with Crippen molar-refractivity contribution in [2.75, 3.05) is 38.1 Å². The summed E-state index contributed by atoms with van der Waals surface area (Å²) >= 11 is 0. The van der Waals surface area contributed by atoms with E-state index in [1.54, 1.807) is 17.8 Å². The molecule has 1 aliphatic carbocycles. The molecule has 8 heteroatoms. The first-order valence-electron chi connectivity index (χ1n) is 12.1. The van der Waals surface area contributed by atoms with Gasteiger partial charge in [-0.15, -0.1) is 0 Å². The number of aromatic nitrogens is 3. The molecule has 4 rings (SSSR count). The lowest BCUT2D eigenvalue weighted by Gasteiger charge is -2.33. The third-order valence-corrected chi connectivity index (χ3v) is 7.08. The van der Waals surface area contributed by atoms with Crippen LogP contribution < -0.4 is 15.8 Å². The second-order valence-corrected chi connectivity index (χ2v) is 9.35. The second kappa shape index (κ2) is 10.4. The predicted octanol–water partition coefficient (Wildman–Crippen LogP) is 2.32. The molecule has 1 N–H and O–H groups in total. The van der Waals surface area contributed by atoms with Gasteiger partial charge < -0.3 is 15.1 Å². The zero-order valence-electron chi connectivity index (χ0n) is 19.4. The lowest BCUT2D eigenvalue weighted by molar-refractivity contribution is -0.125. The molecule has 0 bridgehead atoms. The van der Waals surface area contributed by atoms with Crippen LogP contribution in [-0.2, 0) is 11.8 Å². The average Bonchev–Trinajstić information content (AvgIpc) is 2.84. The molecule has 1 saturated heterocycles. The first-order chi connectivity index (χ1) is 15.5. The van der Waals surface area contributed by atoms with Crippen molar-refractivity contribution in [2.24, 2.45) is 13.0 Å². The van der Waals surface area contributed by atoms with Gasteiger partial charge in [-0.2, -0.15) is 0 Å². The van der Waals surface area contributed by atoms with Gasteiger partial charge in [-0.05, 0) is 57.8 Å². The predicted molar refractivity (Wildman–Crippen MR) is 127 cm³/mol. The smallest absolute Gasteiger partial charge is 0.294 e. The number of hydrogen-bond acceptors (Lipinski definition) is 6. The van der Waals surface area contributed by atoms with Crippen LogP contribution >= 0.6 is 0 Å². The minimum atomic E-state index is -0.164. The Labute approximate surface area is 190 Å². The summed E-state index contributed by atoms with van der Waals surface area (Å²) in [7, 11) is 3.94. The molecule has 0 spiro atoms. The van der Waals surface area contributed by atoms with Crippen LogP contribution in [0, 0.1) is 5.92 Å². The Morgan fingerprint density at radius 1 is 1.22 bits per heavy atom. The van der Waals surface area contributed by atoms with Crippen molar-refractivity contribution in [3.63, 3.8) is 0 Å². The van der Waals surface area contributed by atoms with Crippen molar-refractivity contribution >= 4 is 22.9 Å². The molecule has 174 valence electrons. The first-order valence-corrected chi connectivity index (χ1v) is 12.1. The number of rotatable bonds is 7. The molecule has 2 fully saturated rings.